The lowest BCUT2D eigenvalue weighted by Crippen LogP contribution is -2.47. The summed E-state index contributed by atoms with van der Waals surface area (Å²) in [5, 5.41) is 0. The summed E-state index contributed by atoms with van der Waals surface area (Å²) in [5.41, 5.74) is 0.919. The first-order valence-electron chi connectivity index (χ1n) is 5.87. The maximum Gasteiger partial charge on any atom is 0.211 e. The summed E-state index contributed by atoms with van der Waals surface area (Å²) < 4.78 is 37.2. The monoisotopic (exact) mass is 272 g/mol. The van der Waals surface area contributed by atoms with Crippen molar-refractivity contribution in [2.24, 2.45) is 0 Å². The zero-order valence-electron chi connectivity index (χ0n) is 10.3. The Balaban J connectivity index is 1.91. The molecule has 0 bridgehead atoms. The summed E-state index contributed by atoms with van der Waals surface area (Å²) in [6, 6.07) is 6.51. The van der Waals surface area contributed by atoms with E-state index in [0.29, 0.717) is 32.7 Å². The highest BCUT2D eigenvalue weighted by atomic mass is 32.2. The molecule has 1 aromatic rings. The Kier molecular flexibility index (Phi) is 3.99. The van der Waals surface area contributed by atoms with Gasteiger partial charge in [0, 0.05) is 32.7 Å². The molecule has 2 rings (SSSR count). The highest BCUT2D eigenvalue weighted by Crippen LogP contribution is 2.11. The van der Waals surface area contributed by atoms with E-state index in [9.17, 15) is 12.8 Å². The molecule has 4 nitrogen and oxygen atoms in total. The van der Waals surface area contributed by atoms with Crippen molar-refractivity contribution in [2.45, 2.75) is 6.54 Å². The molecule has 0 unspecified atom stereocenters. The number of sulfonamides is 1. The molecule has 0 atom stereocenters. The Morgan fingerprint density at radius 1 is 1.22 bits per heavy atom. The molecule has 0 spiro atoms. The van der Waals surface area contributed by atoms with Crippen molar-refractivity contribution in [1.29, 1.82) is 0 Å². The Labute approximate surface area is 107 Å². The number of rotatable bonds is 3. The van der Waals surface area contributed by atoms with Crippen LogP contribution < -0.4 is 0 Å². The lowest BCUT2D eigenvalue weighted by Gasteiger charge is -2.33. The van der Waals surface area contributed by atoms with Gasteiger partial charge in [0.1, 0.15) is 5.82 Å². The molecule has 6 heteroatoms. The van der Waals surface area contributed by atoms with Crippen molar-refractivity contribution < 1.29 is 12.8 Å². The fraction of sp³-hybridized carbons (Fsp3) is 0.500. The second-order valence-corrected chi connectivity index (χ2v) is 6.55. The molecule has 100 valence electrons. The van der Waals surface area contributed by atoms with Gasteiger partial charge in [-0.15, -0.1) is 0 Å². The van der Waals surface area contributed by atoms with Gasteiger partial charge in [-0.1, -0.05) is 12.1 Å². The van der Waals surface area contributed by atoms with Crippen molar-refractivity contribution >= 4 is 10.0 Å². The Morgan fingerprint density at radius 3 is 2.44 bits per heavy atom. The van der Waals surface area contributed by atoms with Gasteiger partial charge in [0.25, 0.3) is 0 Å². The predicted octanol–water partition coefficient (Wildman–Crippen LogP) is 0.903. The lowest BCUT2D eigenvalue weighted by molar-refractivity contribution is 0.182. The number of piperazine rings is 1. The fourth-order valence-corrected chi connectivity index (χ4v) is 2.94. The van der Waals surface area contributed by atoms with Gasteiger partial charge < -0.3 is 0 Å². The maximum atomic E-state index is 13.0. The van der Waals surface area contributed by atoms with Crippen LogP contribution in [0.25, 0.3) is 0 Å². The molecule has 0 N–H and O–H groups in total. The van der Waals surface area contributed by atoms with E-state index >= 15 is 0 Å². The average molecular weight is 272 g/mol. The van der Waals surface area contributed by atoms with E-state index in [-0.39, 0.29) is 5.82 Å². The topological polar surface area (TPSA) is 40.6 Å². The van der Waals surface area contributed by atoms with E-state index in [2.05, 4.69) is 4.90 Å². The molecule has 1 saturated heterocycles. The minimum absolute atomic E-state index is 0.234. The van der Waals surface area contributed by atoms with Crippen LogP contribution in [0.2, 0.25) is 0 Å². The molecule has 1 aromatic carbocycles. The zero-order valence-corrected chi connectivity index (χ0v) is 11.2. The number of halogens is 1. The molecule has 1 heterocycles. The van der Waals surface area contributed by atoms with Crippen LogP contribution in [0.5, 0.6) is 0 Å². The third kappa shape index (κ3) is 3.51. The molecule has 0 saturated carbocycles. The van der Waals surface area contributed by atoms with Gasteiger partial charge in [0.05, 0.1) is 6.26 Å². The summed E-state index contributed by atoms with van der Waals surface area (Å²) in [4.78, 5) is 2.14. The van der Waals surface area contributed by atoms with Crippen molar-refractivity contribution in [3.63, 3.8) is 0 Å². The standard InChI is InChI=1S/C12H17FN2O2S/c1-18(16,17)15-7-5-14(6-8-15)10-11-3-2-4-12(13)9-11/h2-4,9H,5-8,10H2,1H3. The third-order valence-electron chi connectivity index (χ3n) is 3.10. The number of hydrogen-bond donors (Lipinski definition) is 0. The molecule has 1 aliphatic heterocycles. The van der Waals surface area contributed by atoms with Crippen LogP contribution in [0.15, 0.2) is 24.3 Å². The van der Waals surface area contributed by atoms with E-state index in [1.165, 1.54) is 22.7 Å². The van der Waals surface area contributed by atoms with Gasteiger partial charge in [-0.3, -0.25) is 4.90 Å². The Hall–Kier alpha value is -0.980. The SMILES string of the molecule is CS(=O)(=O)N1CCN(Cc2cccc(F)c2)CC1. The quantitative estimate of drug-likeness (QED) is 0.821. The summed E-state index contributed by atoms with van der Waals surface area (Å²) in [6.45, 7) is 3.05. The van der Waals surface area contributed by atoms with Crippen molar-refractivity contribution in [3.8, 4) is 0 Å². The average Bonchev–Trinajstić information content (AvgIpc) is 2.28. The highest BCUT2D eigenvalue weighted by molar-refractivity contribution is 7.88. The van der Waals surface area contributed by atoms with Gasteiger partial charge in [-0.05, 0) is 17.7 Å². The van der Waals surface area contributed by atoms with E-state index in [1.807, 2.05) is 6.07 Å². The number of hydrogen-bond acceptors (Lipinski definition) is 3. The fourth-order valence-electron chi connectivity index (χ4n) is 2.11. The van der Waals surface area contributed by atoms with Gasteiger partial charge >= 0.3 is 0 Å². The minimum atomic E-state index is -3.08. The smallest absolute Gasteiger partial charge is 0.211 e. The van der Waals surface area contributed by atoms with E-state index < -0.39 is 10.0 Å². The molecule has 1 aliphatic rings. The van der Waals surface area contributed by atoms with Crippen LogP contribution in [0.3, 0.4) is 0 Å². The normalized spacial score (nSPS) is 19.0. The number of benzene rings is 1. The summed E-state index contributed by atoms with van der Waals surface area (Å²) >= 11 is 0. The molecular formula is C12H17FN2O2S. The predicted molar refractivity (Wildman–Crippen MR) is 68.1 cm³/mol. The summed E-state index contributed by atoms with van der Waals surface area (Å²) in [5.74, 6) is -0.234. The lowest BCUT2D eigenvalue weighted by atomic mass is 10.2. The van der Waals surface area contributed by atoms with Crippen LogP contribution >= 0.6 is 0 Å². The van der Waals surface area contributed by atoms with Crippen molar-refractivity contribution in [1.82, 2.24) is 9.21 Å². The van der Waals surface area contributed by atoms with E-state index in [4.69, 9.17) is 0 Å². The molecule has 0 radical (unpaired) electrons. The summed E-state index contributed by atoms with van der Waals surface area (Å²) in [6.07, 6.45) is 1.23. The minimum Gasteiger partial charge on any atom is -0.296 e. The zero-order chi connectivity index (χ0) is 13.2. The Bertz CT molecular complexity index is 511. The highest BCUT2D eigenvalue weighted by Gasteiger charge is 2.23. The van der Waals surface area contributed by atoms with E-state index in [0.717, 1.165) is 5.56 Å². The molecule has 1 fully saturated rings. The molecule has 0 amide bonds. The molecule has 0 aliphatic carbocycles. The molecule has 0 aromatic heterocycles. The van der Waals surface area contributed by atoms with Crippen LogP contribution in [0, 0.1) is 5.82 Å². The van der Waals surface area contributed by atoms with Crippen LogP contribution in [0.4, 0.5) is 4.39 Å². The van der Waals surface area contributed by atoms with Crippen molar-refractivity contribution in [3.05, 3.63) is 35.6 Å². The van der Waals surface area contributed by atoms with Gasteiger partial charge in [-0.25, -0.2) is 12.8 Å². The van der Waals surface area contributed by atoms with Crippen LogP contribution in [-0.2, 0) is 16.6 Å². The first-order valence-corrected chi connectivity index (χ1v) is 7.72. The first kappa shape index (κ1) is 13.5. The van der Waals surface area contributed by atoms with Gasteiger partial charge in [-0.2, -0.15) is 4.31 Å². The number of nitrogens with zero attached hydrogens (tertiary/aromatic N) is 2. The summed E-state index contributed by atoms with van der Waals surface area (Å²) in [7, 11) is -3.08. The van der Waals surface area contributed by atoms with Crippen molar-refractivity contribution in [2.75, 3.05) is 32.4 Å². The first-order chi connectivity index (χ1) is 8.45. The van der Waals surface area contributed by atoms with Gasteiger partial charge in [0.2, 0.25) is 10.0 Å². The second-order valence-electron chi connectivity index (χ2n) is 4.57. The largest absolute Gasteiger partial charge is 0.296 e. The maximum absolute atomic E-state index is 13.0. The Morgan fingerprint density at radius 2 is 1.89 bits per heavy atom. The molecule has 18 heavy (non-hydrogen) atoms. The van der Waals surface area contributed by atoms with Crippen LogP contribution in [-0.4, -0.2) is 50.1 Å². The van der Waals surface area contributed by atoms with E-state index in [1.54, 1.807) is 6.07 Å². The molecular weight excluding hydrogens is 255 g/mol. The van der Waals surface area contributed by atoms with Crippen LogP contribution in [0.1, 0.15) is 5.56 Å². The van der Waals surface area contributed by atoms with Gasteiger partial charge in [0.15, 0.2) is 0 Å². The third-order valence-corrected chi connectivity index (χ3v) is 4.40. The second kappa shape index (κ2) is 5.34.